The van der Waals surface area contributed by atoms with Crippen molar-refractivity contribution in [1.82, 2.24) is 14.4 Å². The fourth-order valence-corrected chi connectivity index (χ4v) is 4.81. The van der Waals surface area contributed by atoms with Gasteiger partial charge in [0, 0.05) is 47.5 Å². The van der Waals surface area contributed by atoms with E-state index >= 15 is 0 Å². The summed E-state index contributed by atoms with van der Waals surface area (Å²) in [4.78, 5) is 19.7. The van der Waals surface area contributed by atoms with Gasteiger partial charge in [-0.15, -0.1) is 0 Å². The Balaban J connectivity index is 1.46. The first kappa shape index (κ1) is 20.4. The Kier molecular flexibility index (Phi) is 4.63. The summed E-state index contributed by atoms with van der Waals surface area (Å²) in [6, 6.07) is 12.8. The topological polar surface area (TPSA) is 83.2 Å². The van der Waals surface area contributed by atoms with E-state index < -0.39 is 0 Å². The standard InChI is InChI=1S/C27H21FN4O2/c1-15(13-29)24-20-6-2-16(10-18(20)14-34-23-12-19(28)5-7-21(23)24)11-22-25(17-3-4-17)31-26-27(33)30-8-9-32(22)26/h2,5-10,12,17H,3-4,11,14H2,1H3,(H,30,33). The third-order valence-corrected chi connectivity index (χ3v) is 6.60. The number of nitrogens with one attached hydrogen (secondary N) is 1. The lowest BCUT2D eigenvalue weighted by molar-refractivity contribution is 0.305. The number of hydrogen-bond acceptors (Lipinski definition) is 4. The molecule has 3 heterocycles. The Bertz CT molecular complexity index is 1600. The molecule has 0 spiro atoms. The molecule has 2 aliphatic rings. The van der Waals surface area contributed by atoms with Crippen LogP contribution in [0.3, 0.4) is 0 Å². The normalized spacial score (nSPS) is 16.3. The molecule has 1 N–H and O–H groups in total. The molecule has 0 unspecified atom stereocenters. The van der Waals surface area contributed by atoms with E-state index in [2.05, 4.69) is 22.1 Å². The third-order valence-electron chi connectivity index (χ3n) is 6.60. The lowest BCUT2D eigenvalue weighted by Crippen LogP contribution is -2.09. The van der Waals surface area contributed by atoms with Gasteiger partial charge in [0.1, 0.15) is 18.2 Å². The summed E-state index contributed by atoms with van der Waals surface area (Å²) in [5, 5.41) is 9.66. The molecule has 1 aliphatic carbocycles. The zero-order valence-electron chi connectivity index (χ0n) is 18.6. The van der Waals surface area contributed by atoms with Gasteiger partial charge in [-0.1, -0.05) is 18.2 Å². The molecule has 0 radical (unpaired) electrons. The second kappa shape index (κ2) is 7.70. The van der Waals surface area contributed by atoms with Crippen LogP contribution in [0.25, 0.3) is 11.2 Å². The van der Waals surface area contributed by atoms with Gasteiger partial charge in [0.25, 0.3) is 5.56 Å². The van der Waals surface area contributed by atoms with Crippen LogP contribution < -0.4 is 10.3 Å². The van der Waals surface area contributed by atoms with Gasteiger partial charge in [0.15, 0.2) is 0 Å². The molecular weight excluding hydrogens is 431 g/mol. The number of fused-ring (bicyclic) bond motifs is 3. The Morgan fingerprint density at radius 1 is 1.26 bits per heavy atom. The number of nitrogens with zero attached hydrogens (tertiary/aromatic N) is 3. The number of aromatic nitrogens is 3. The molecule has 168 valence electrons. The van der Waals surface area contributed by atoms with Crippen LogP contribution in [0.4, 0.5) is 4.39 Å². The van der Waals surface area contributed by atoms with Crippen LogP contribution >= 0.6 is 0 Å². The molecule has 0 bridgehead atoms. The van der Waals surface area contributed by atoms with Crippen LogP contribution in [0.5, 0.6) is 5.75 Å². The molecule has 6 rings (SSSR count). The molecule has 2 aromatic carbocycles. The van der Waals surface area contributed by atoms with Crippen molar-refractivity contribution in [3.05, 3.63) is 104 Å². The highest BCUT2D eigenvalue weighted by atomic mass is 19.1. The van der Waals surface area contributed by atoms with E-state index in [1.807, 2.05) is 22.7 Å². The van der Waals surface area contributed by atoms with Crippen LogP contribution in [-0.2, 0) is 13.0 Å². The largest absolute Gasteiger partial charge is 0.488 e. The first-order chi connectivity index (χ1) is 16.5. The fourth-order valence-electron chi connectivity index (χ4n) is 4.81. The van der Waals surface area contributed by atoms with E-state index in [1.165, 1.54) is 12.1 Å². The maximum absolute atomic E-state index is 13.9. The highest BCUT2D eigenvalue weighted by molar-refractivity contribution is 5.88. The Morgan fingerprint density at radius 3 is 2.88 bits per heavy atom. The summed E-state index contributed by atoms with van der Waals surface area (Å²) in [6.45, 7) is 2.04. The first-order valence-corrected chi connectivity index (χ1v) is 11.3. The van der Waals surface area contributed by atoms with Crippen LogP contribution in [0.1, 0.15) is 59.3 Å². The van der Waals surface area contributed by atoms with E-state index in [0.717, 1.165) is 46.5 Å². The number of nitriles is 1. The fraction of sp³-hybridized carbons (Fsp3) is 0.222. The number of ether oxygens (including phenoxy) is 1. The van der Waals surface area contributed by atoms with Crippen LogP contribution in [0, 0.1) is 17.1 Å². The van der Waals surface area contributed by atoms with Gasteiger partial charge in [-0.25, -0.2) is 9.37 Å². The molecule has 0 atom stereocenters. The summed E-state index contributed by atoms with van der Waals surface area (Å²) in [7, 11) is 0. The number of halogens is 1. The summed E-state index contributed by atoms with van der Waals surface area (Å²) < 4.78 is 21.8. The van der Waals surface area contributed by atoms with Gasteiger partial charge in [0.2, 0.25) is 5.65 Å². The van der Waals surface area contributed by atoms with Gasteiger partial charge in [-0.05, 0) is 48.6 Å². The SMILES string of the molecule is CC(C#N)=C1c2ccc(Cc3c(C4CC4)nc4c(=O)[nH]ccn34)cc2COc2cc(F)ccc21. The molecule has 1 aliphatic heterocycles. The molecule has 1 saturated carbocycles. The zero-order chi connectivity index (χ0) is 23.4. The lowest BCUT2D eigenvalue weighted by Gasteiger charge is -2.13. The van der Waals surface area contributed by atoms with Gasteiger partial charge >= 0.3 is 0 Å². The minimum absolute atomic E-state index is 0.197. The van der Waals surface area contributed by atoms with Crippen molar-refractivity contribution in [3.8, 4) is 11.8 Å². The quantitative estimate of drug-likeness (QED) is 0.450. The van der Waals surface area contributed by atoms with Crippen molar-refractivity contribution in [1.29, 1.82) is 5.26 Å². The molecule has 6 nitrogen and oxygen atoms in total. The maximum atomic E-state index is 13.9. The van der Waals surface area contributed by atoms with Crippen LogP contribution in [0.2, 0.25) is 0 Å². The third kappa shape index (κ3) is 3.30. The van der Waals surface area contributed by atoms with Gasteiger partial charge in [-0.3, -0.25) is 9.20 Å². The van der Waals surface area contributed by atoms with Crippen LogP contribution in [-0.4, -0.2) is 14.4 Å². The van der Waals surface area contributed by atoms with Crippen molar-refractivity contribution in [3.63, 3.8) is 0 Å². The highest BCUT2D eigenvalue weighted by Gasteiger charge is 2.31. The minimum atomic E-state index is -0.380. The summed E-state index contributed by atoms with van der Waals surface area (Å²) in [5.74, 6) is 0.449. The molecule has 1 fully saturated rings. The average Bonchev–Trinajstić information content (AvgIpc) is 3.63. The maximum Gasteiger partial charge on any atom is 0.291 e. The summed E-state index contributed by atoms with van der Waals surface area (Å²) >= 11 is 0. The number of hydrogen-bond donors (Lipinski definition) is 1. The number of H-pyrrole nitrogens is 1. The number of benzene rings is 2. The van der Waals surface area contributed by atoms with E-state index in [4.69, 9.17) is 4.74 Å². The number of imidazole rings is 1. The second-order valence-corrected chi connectivity index (χ2v) is 8.91. The minimum Gasteiger partial charge on any atom is -0.488 e. The van der Waals surface area contributed by atoms with Gasteiger partial charge in [-0.2, -0.15) is 5.26 Å². The van der Waals surface area contributed by atoms with E-state index in [-0.39, 0.29) is 18.0 Å². The van der Waals surface area contributed by atoms with Crippen molar-refractivity contribution < 1.29 is 9.13 Å². The summed E-state index contributed by atoms with van der Waals surface area (Å²) in [6.07, 6.45) is 6.27. The molecule has 34 heavy (non-hydrogen) atoms. The molecule has 2 aromatic heterocycles. The average molecular weight is 452 g/mol. The molecule has 7 heteroatoms. The Hall–Kier alpha value is -4.18. The van der Waals surface area contributed by atoms with Gasteiger partial charge in [0.05, 0.1) is 17.5 Å². The van der Waals surface area contributed by atoms with E-state index in [1.54, 1.807) is 19.2 Å². The lowest BCUT2D eigenvalue weighted by atomic mass is 9.89. The van der Waals surface area contributed by atoms with Crippen molar-refractivity contribution in [2.24, 2.45) is 0 Å². The van der Waals surface area contributed by atoms with E-state index in [9.17, 15) is 14.4 Å². The molecule has 0 saturated heterocycles. The van der Waals surface area contributed by atoms with Gasteiger partial charge < -0.3 is 9.72 Å². The zero-order valence-corrected chi connectivity index (χ0v) is 18.6. The predicted molar refractivity (Wildman–Crippen MR) is 125 cm³/mol. The van der Waals surface area contributed by atoms with Crippen molar-refractivity contribution in [2.75, 3.05) is 0 Å². The molecule has 4 aromatic rings. The monoisotopic (exact) mass is 452 g/mol. The van der Waals surface area contributed by atoms with Crippen LogP contribution in [0.15, 0.2) is 59.2 Å². The molecule has 0 amide bonds. The van der Waals surface area contributed by atoms with Crippen molar-refractivity contribution in [2.45, 2.75) is 38.7 Å². The predicted octanol–water partition coefficient (Wildman–Crippen LogP) is 4.87. The first-order valence-electron chi connectivity index (χ1n) is 11.3. The highest BCUT2D eigenvalue weighted by Crippen LogP contribution is 2.42. The molecular formula is C27H21FN4O2. The number of aromatic amines is 1. The second-order valence-electron chi connectivity index (χ2n) is 8.91. The van der Waals surface area contributed by atoms with Crippen molar-refractivity contribution >= 4 is 11.2 Å². The Labute approximate surface area is 195 Å². The Morgan fingerprint density at radius 2 is 2.09 bits per heavy atom. The summed E-state index contributed by atoms with van der Waals surface area (Å²) in [5.41, 5.74) is 7.15. The van der Waals surface area contributed by atoms with E-state index in [0.29, 0.717) is 34.9 Å². The smallest absolute Gasteiger partial charge is 0.291 e. The number of rotatable bonds is 3. The number of allylic oxidation sites excluding steroid dienone is 1.